The summed E-state index contributed by atoms with van der Waals surface area (Å²) in [5.74, 6) is -0.0927. The van der Waals surface area contributed by atoms with Crippen LogP contribution < -0.4 is 4.74 Å². The number of ether oxygens (including phenoxy) is 1. The lowest BCUT2D eigenvalue weighted by Gasteiger charge is -2.36. The molecule has 0 radical (unpaired) electrons. The van der Waals surface area contributed by atoms with Gasteiger partial charge in [-0.25, -0.2) is 4.39 Å². The number of carbonyl (C=O) groups is 1. The minimum absolute atomic E-state index is 0.0606. The number of hydrogen-bond donors (Lipinski definition) is 0. The largest absolute Gasteiger partial charge is 0.482 e. The molecule has 0 N–H and O–H groups in total. The van der Waals surface area contributed by atoms with Crippen LogP contribution in [0.2, 0.25) is 0 Å². The number of benzene rings is 1. The monoisotopic (exact) mass is 358 g/mol. The standard InChI is InChI=1S/C15H20BrFN2O2/c1-11(2)18-5-7-19(8-6-18)15(20)10-21-14-9-12(17)3-4-13(14)16/h3-4,9,11H,5-8,10H2,1-2H3. The van der Waals surface area contributed by atoms with E-state index >= 15 is 0 Å². The highest BCUT2D eigenvalue weighted by Crippen LogP contribution is 2.25. The van der Waals surface area contributed by atoms with E-state index in [0.29, 0.717) is 29.4 Å². The SMILES string of the molecule is CC(C)N1CCN(C(=O)COc2cc(F)ccc2Br)CC1. The molecule has 2 rings (SSSR count). The lowest BCUT2D eigenvalue weighted by Crippen LogP contribution is -2.51. The Balaban J connectivity index is 1.84. The van der Waals surface area contributed by atoms with Gasteiger partial charge < -0.3 is 9.64 Å². The van der Waals surface area contributed by atoms with Gasteiger partial charge in [0.15, 0.2) is 6.61 Å². The average Bonchev–Trinajstić information content (AvgIpc) is 2.48. The molecule has 1 aliphatic heterocycles. The average molecular weight is 359 g/mol. The molecule has 0 atom stereocenters. The van der Waals surface area contributed by atoms with Gasteiger partial charge in [0.05, 0.1) is 4.47 Å². The minimum Gasteiger partial charge on any atom is -0.482 e. The van der Waals surface area contributed by atoms with Gasteiger partial charge in [-0.15, -0.1) is 0 Å². The Morgan fingerprint density at radius 1 is 1.33 bits per heavy atom. The number of amides is 1. The second-order valence-corrected chi connectivity index (χ2v) is 6.23. The fourth-order valence-corrected chi connectivity index (χ4v) is 2.67. The Hall–Kier alpha value is -1.14. The maximum absolute atomic E-state index is 13.1. The highest BCUT2D eigenvalue weighted by Gasteiger charge is 2.22. The van der Waals surface area contributed by atoms with Crippen LogP contribution >= 0.6 is 15.9 Å². The number of hydrogen-bond acceptors (Lipinski definition) is 3. The molecule has 1 aromatic carbocycles. The van der Waals surface area contributed by atoms with Gasteiger partial charge >= 0.3 is 0 Å². The summed E-state index contributed by atoms with van der Waals surface area (Å²) in [5.41, 5.74) is 0. The number of carbonyl (C=O) groups excluding carboxylic acids is 1. The number of nitrogens with zero attached hydrogens (tertiary/aromatic N) is 2. The quantitative estimate of drug-likeness (QED) is 0.828. The summed E-state index contributed by atoms with van der Waals surface area (Å²) < 4.78 is 19.2. The fourth-order valence-electron chi connectivity index (χ4n) is 2.31. The molecule has 1 aliphatic rings. The van der Waals surface area contributed by atoms with Crippen LogP contribution in [-0.2, 0) is 4.79 Å². The smallest absolute Gasteiger partial charge is 0.260 e. The summed E-state index contributed by atoms with van der Waals surface area (Å²) in [6.45, 7) is 7.43. The van der Waals surface area contributed by atoms with Crippen molar-refractivity contribution in [3.8, 4) is 5.75 Å². The Morgan fingerprint density at radius 3 is 2.62 bits per heavy atom. The maximum Gasteiger partial charge on any atom is 0.260 e. The second kappa shape index (κ2) is 7.22. The topological polar surface area (TPSA) is 32.8 Å². The number of piperazine rings is 1. The lowest BCUT2D eigenvalue weighted by atomic mass is 10.2. The van der Waals surface area contributed by atoms with Gasteiger partial charge in [0.2, 0.25) is 0 Å². The molecule has 0 unspecified atom stereocenters. The molecule has 116 valence electrons. The summed E-state index contributed by atoms with van der Waals surface area (Å²) in [6, 6.07) is 4.68. The van der Waals surface area contributed by atoms with Crippen molar-refractivity contribution in [2.45, 2.75) is 19.9 Å². The van der Waals surface area contributed by atoms with E-state index < -0.39 is 0 Å². The van der Waals surface area contributed by atoms with Crippen LogP contribution in [-0.4, -0.2) is 54.5 Å². The van der Waals surface area contributed by atoms with E-state index in [0.717, 1.165) is 13.1 Å². The van der Waals surface area contributed by atoms with E-state index in [-0.39, 0.29) is 18.3 Å². The van der Waals surface area contributed by atoms with Crippen LogP contribution in [0.3, 0.4) is 0 Å². The van der Waals surface area contributed by atoms with Crippen LogP contribution in [0.1, 0.15) is 13.8 Å². The number of halogens is 2. The second-order valence-electron chi connectivity index (χ2n) is 5.37. The van der Waals surface area contributed by atoms with Gasteiger partial charge in [0.25, 0.3) is 5.91 Å². The first kappa shape index (κ1) is 16.2. The molecule has 0 saturated carbocycles. The first-order chi connectivity index (χ1) is 9.97. The molecule has 6 heteroatoms. The third kappa shape index (κ3) is 4.41. The fraction of sp³-hybridized carbons (Fsp3) is 0.533. The minimum atomic E-state index is -0.383. The van der Waals surface area contributed by atoms with Crippen molar-refractivity contribution in [1.29, 1.82) is 0 Å². The maximum atomic E-state index is 13.1. The van der Waals surface area contributed by atoms with Gasteiger partial charge in [-0.1, -0.05) is 0 Å². The van der Waals surface area contributed by atoms with Gasteiger partial charge in [0.1, 0.15) is 11.6 Å². The molecule has 1 aromatic rings. The Labute approximate surface area is 133 Å². The van der Waals surface area contributed by atoms with E-state index in [1.54, 1.807) is 11.0 Å². The van der Waals surface area contributed by atoms with Crippen molar-refractivity contribution in [3.63, 3.8) is 0 Å². The molecule has 21 heavy (non-hydrogen) atoms. The predicted molar refractivity (Wildman–Crippen MR) is 82.9 cm³/mol. The van der Waals surface area contributed by atoms with Crippen LogP contribution in [0.25, 0.3) is 0 Å². The van der Waals surface area contributed by atoms with Gasteiger partial charge in [0, 0.05) is 38.3 Å². The zero-order valence-corrected chi connectivity index (χ0v) is 13.9. The molecule has 0 bridgehead atoms. The zero-order chi connectivity index (χ0) is 15.4. The summed E-state index contributed by atoms with van der Waals surface area (Å²) in [5, 5.41) is 0. The third-order valence-electron chi connectivity index (χ3n) is 3.64. The van der Waals surface area contributed by atoms with Crippen molar-refractivity contribution in [2.75, 3.05) is 32.8 Å². The van der Waals surface area contributed by atoms with Crippen molar-refractivity contribution < 1.29 is 13.9 Å². The van der Waals surface area contributed by atoms with Gasteiger partial charge in [-0.05, 0) is 41.9 Å². The highest BCUT2D eigenvalue weighted by atomic mass is 79.9. The Morgan fingerprint density at radius 2 is 2.00 bits per heavy atom. The van der Waals surface area contributed by atoms with Crippen molar-refractivity contribution >= 4 is 21.8 Å². The van der Waals surface area contributed by atoms with Crippen molar-refractivity contribution in [3.05, 3.63) is 28.5 Å². The number of rotatable bonds is 4. The summed E-state index contributed by atoms with van der Waals surface area (Å²) >= 11 is 3.28. The van der Waals surface area contributed by atoms with E-state index in [2.05, 4.69) is 34.7 Å². The molecule has 0 aliphatic carbocycles. The van der Waals surface area contributed by atoms with Crippen LogP contribution in [0.15, 0.2) is 22.7 Å². The van der Waals surface area contributed by atoms with E-state index in [9.17, 15) is 9.18 Å². The lowest BCUT2D eigenvalue weighted by molar-refractivity contribution is -0.135. The van der Waals surface area contributed by atoms with Gasteiger partial charge in [-0.3, -0.25) is 9.69 Å². The zero-order valence-electron chi connectivity index (χ0n) is 12.3. The third-order valence-corrected chi connectivity index (χ3v) is 4.30. The summed E-state index contributed by atoms with van der Waals surface area (Å²) in [6.07, 6.45) is 0. The van der Waals surface area contributed by atoms with Crippen LogP contribution in [0.4, 0.5) is 4.39 Å². The summed E-state index contributed by atoms with van der Waals surface area (Å²) in [4.78, 5) is 16.3. The highest BCUT2D eigenvalue weighted by molar-refractivity contribution is 9.10. The molecule has 0 spiro atoms. The Bertz CT molecular complexity index is 502. The van der Waals surface area contributed by atoms with Gasteiger partial charge in [-0.2, -0.15) is 0 Å². The molecular formula is C15H20BrFN2O2. The normalized spacial score (nSPS) is 16.3. The first-order valence-electron chi connectivity index (χ1n) is 7.07. The van der Waals surface area contributed by atoms with Crippen LogP contribution in [0.5, 0.6) is 5.75 Å². The molecule has 1 amide bonds. The van der Waals surface area contributed by atoms with E-state index in [1.807, 2.05) is 0 Å². The first-order valence-corrected chi connectivity index (χ1v) is 7.86. The molecule has 4 nitrogen and oxygen atoms in total. The van der Waals surface area contributed by atoms with E-state index in [1.165, 1.54) is 12.1 Å². The van der Waals surface area contributed by atoms with Crippen LogP contribution in [0, 0.1) is 5.82 Å². The molecule has 1 fully saturated rings. The molecular weight excluding hydrogens is 339 g/mol. The predicted octanol–water partition coefficient (Wildman–Crippen LogP) is 2.52. The van der Waals surface area contributed by atoms with E-state index in [4.69, 9.17) is 4.74 Å². The Kier molecular flexibility index (Phi) is 5.58. The molecule has 0 aromatic heterocycles. The van der Waals surface area contributed by atoms with Crippen molar-refractivity contribution in [2.24, 2.45) is 0 Å². The molecule has 1 heterocycles. The molecule has 1 saturated heterocycles. The summed E-state index contributed by atoms with van der Waals surface area (Å²) in [7, 11) is 0. The van der Waals surface area contributed by atoms with Crippen molar-refractivity contribution in [1.82, 2.24) is 9.80 Å².